The molecular weight excluding hydrogens is 405 g/mol. The monoisotopic (exact) mass is 427 g/mol. The number of hydrogen-bond acceptors (Lipinski definition) is 6. The number of halogens is 1. The molecule has 0 radical (unpaired) electrons. The van der Waals surface area contributed by atoms with Gasteiger partial charge in [0.2, 0.25) is 5.88 Å². The fraction of sp³-hybridized carbons (Fsp3) is 0.227. The maximum Gasteiger partial charge on any atom is 0.435 e. The van der Waals surface area contributed by atoms with E-state index in [1.165, 1.54) is 24.4 Å². The van der Waals surface area contributed by atoms with Crippen LogP contribution in [0.5, 0.6) is 11.6 Å². The number of benzene rings is 2. The van der Waals surface area contributed by atoms with Crippen LogP contribution in [0.1, 0.15) is 26.3 Å². The fourth-order valence-corrected chi connectivity index (χ4v) is 2.42. The lowest BCUT2D eigenvalue weighted by Crippen LogP contribution is -2.27. The summed E-state index contributed by atoms with van der Waals surface area (Å²) in [5.41, 5.74) is 0.0792. The summed E-state index contributed by atoms with van der Waals surface area (Å²) in [6.07, 6.45) is -0.0760. The van der Waals surface area contributed by atoms with Crippen molar-refractivity contribution in [2.45, 2.75) is 33.0 Å². The minimum Gasteiger partial charge on any atom is -0.444 e. The Labute approximate surface area is 178 Å². The van der Waals surface area contributed by atoms with Crippen LogP contribution in [-0.2, 0) is 16.1 Å². The Balaban J connectivity index is 1.57. The molecule has 0 aliphatic heterocycles. The van der Waals surface area contributed by atoms with Gasteiger partial charge in [-0.1, -0.05) is 30.3 Å². The highest BCUT2D eigenvalue weighted by Gasteiger charge is 2.19. The van der Waals surface area contributed by atoms with Gasteiger partial charge in [0.15, 0.2) is 5.82 Å². The molecule has 162 valence electrons. The van der Waals surface area contributed by atoms with E-state index in [4.69, 9.17) is 14.2 Å². The summed E-state index contributed by atoms with van der Waals surface area (Å²) in [7, 11) is 0. The molecule has 1 aromatic heterocycles. The lowest BCUT2D eigenvalue weighted by Gasteiger charge is -2.18. The fourth-order valence-electron chi connectivity index (χ4n) is 2.42. The zero-order chi connectivity index (χ0) is 22.4. The first-order valence-corrected chi connectivity index (χ1v) is 9.44. The highest BCUT2D eigenvalue weighted by atomic mass is 19.1. The van der Waals surface area contributed by atoms with E-state index in [0.29, 0.717) is 0 Å². The van der Waals surface area contributed by atoms with Gasteiger partial charge in [-0.15, -0.1) is 5.10 Å². The lowest BCUT2D eigenvalue weighted by atomic mass is 10.2. The Morgan fingerprint density at radius 3 is 2.52 bits per heavy atom. The smallest absolute Gasteiger partial charge is 0.435 e. The summed E-state index contributed by atoms with van der Waals surface area (Å²) in [6.45, 7) is 5.28. The van der Waals surface area contributed by atoms with Crippen molar-refractivity contribution in [2.75, 3.05) is 5.32 Å². The van der Waals surface area contributed by atoms with Crippen LogP contribution in [0.2, 0.25) is 0 Å². The number of anilines is 1. The molecule has 0 atom stereocenters. The average Bonchev–Trinajstić information content (AvgIpc) is 3.17. The first-order chi connectivity index (χ1) is 14.7. The van der Waals surface area contributed by atoms with Crippen molar-refractivity contribution in [1.29, 1.82) is 0 Å². The molecule has 0 saturated carbocycles. The normalized spacial score (nSPS) is 11.0. The van der Waals surface area contributed by atoms with Crippen LogP contribution in [0.4, 0.5) is 19.7 Å². The molecular formula is C22H22FN3O5. The largest absolute Gasteiger partial charge is 0.444 e. The van der Waals surface area contributed by atoms with E-state index in [1.54, 1.807) is 20.8 Å². The number of hydrogen-bond donors (Lipinski definition) is 1. The number of nitrogens with zero attached hydrogens (tertiary/aromatic N) is 2. The van der Waals surface area contributed by atoms with Gasteiger partial charge in [0, 0.05) is 18.3 Å². The second kappa shape index (κ2) is 9.29. The van der Waals surface area contributed by atoms with E-state index in [2.05, 4.69) is 10.4 Å². The minimum atomic E-state index is -0.785. The molecule has 1 N–H and O–H groups in total. The van der Waals surface area contributed by atoms with Crippen molar-refractivity contribution in [3.63, 3.8) is 0 Å². The molecule has 0 fully saturated rings. The van der Waals surface area contributed by atoms with Crippen LogP contribution in [0.3, 0.4) is 0 Å². The average molecular weight is 427 g/mol. The number of carbonyl (C=O) groups is 2. The van der Waals surface area contributed by atoms with Gasteiger partial charge in [-0.3, -0.25) is 5.32 Å². The molecule has 0 saturated heterocycles. The molecule has 3 rings (SSSR count). The van der Waals surface area contributed by atoms with Crippen molar-refractivity contribution in [1.82, 2.24) is 9.78 Å². The number of ether oxygens (including phenoxy) is 3. The highest BCUT2D eigenvalue weighted by molar-refractivity contribution is 5.84. The number of rotatable bonds is 5. The van der Waals surface area contributed by atoms with Crippen LogP contribution in [0, 0.1) is 5.82 Å². The van der Waals surface area contributed by atoms with E-state index in [1.807, 2.05) is 30.3 Å². The number of nitrogens with one attached hydrogen (secondary N) is 1. The van der Waals surface area contributed by atoms with Gasteiger partial charge >= 0.3 is 12.2 Å². The van der Waals surface area contributed by atoms with Gasteiger partial charge in [-0.05, 0) is 38.5 Å². The number of aromatic nitrogens is 2. The zero-order valence-corrected chi connectivity index (χ0v) is 17.3. The molecule has 31 heavy (non-hydrogen) atoms. The third-order valence-corrected chi connectivity index (χ3v) is 3.76. The van der Waals surface area contributed by atoms with Crippen molar-refractivity contribution in [3.05, 3.63) is 72.2 Å². The standard InChI is InChI=1S/C22H22FN3O5/c1-22(2,3)31-21(28)26-12-11-19(25-26)30-16-9-10-18(17(23)13-16)24-20(27)29-14-15-7-5-4-6-8-15/h4-13H,14H2,1-3H3,(H,24,27). The van der Waals surface area contributed by atoms with Crippen LogP contribution in [0.25, 0.3) is 0 Å². The summed E-state index contributed by atoms with van der Waals surface area (Å²) in [6, 6.07) is 14.4. The molecule has 9 heteroatoms. The molecule has 3 aromatic rings. The first kappa shape index (κ1) is 21.8. The van der Waals surface area contributed by atoms with Gasteiger partial charge < -0.3 is 14.2 Å². The van der Waals surface area contributed by atoms with E-state index >= 15 is 0 Å². The predicted molar refractivity (Wildman–Crippen MR) is 111 cm³/mol. The Morgan fingerprint density at radius 1 is 1.10 bits per heavy atom. The highest BCUT2D eigenvalue weighted by Crippen LogP contribution is 2.25. The molecule has 0 aliphatic rings. The van der Waals surface area contributed by atoms with Gasteiger partial charge in [-0.25, -0.2) is 14.0 Å². The quantitative estimate of drug-likeness (QED) is 0.590. The third-order valence-electron chi connectivity index (χ3n) is 3.76. The summed E-state index contributed by atoms with van der Waals surface area (Å²) in [5.74, 6) is -0.510. The molecule has 8 nitrogen and oxygen atoms in total. The van der Waals surface area contributed by atoms with Gasteiger partial charge in [0.1, 0.15) is 18.0 Å². The third kappa shape index (κ3) is 6.56. The maximum absolute atomic E-state index is 14.3. The van der Waals surface area contributed by atoms with Crippen molar-refractivity contribution >= 4 is 17.9 Å². The molecule has 0 unspecified atom stereocenters. The molecule has 0 aliphatic carbocycles. The lowest BCUT2D eigenvalue weighted by molar-refractivity contribution is 0.0512. The van der Waals surface area contributed by atoms with Gasteiger partial charge in [0.05, 0.1) is 5.69 Å². The van der Waals surface area contributed by atoms with Crippen molar-refractivity contribution < 1.29 is 28.2 Å². The molecule has 0 bridgehead atoms. The van der Waals surface area contributed by atoms with E-state index in [0.717, 1.165) is 16.3 Å². The zero-order valence-electron chi connectivity index (χ0n) is 17.3. The first-order valence-electron chi connectivity index (χ1n) is 9.44. The predicted octanol–water partition coefficient (Wildman–Crippen LogP) is 5.35. The minimum absolute atomic E-state index is 0.0651. The van der Waals surface area contributed by atoms with Gasteiger partial charge in [-0.2, -0.15) is 4.68 Å². The second-order valence-electron chi connectivity index (χ2n) is 7.51. The van der Waals surface area contributed by atoms with Crippen molar-refractivity contribution in [2.24, 2.45) is 0 Å². The SMILES string of the molecule is CC(C)(C)OC(=O)n1ccc(Oc2ccc(NC(=O)OCc3ccccc3)c(F)c2)n1. The number of amides is 1. The topological polar surface area (TPSA) is 91.7 Å². The maximum atomic E-state index is 14.3. The Bertz CT molecular complexity index is 1060. The van der Waals surface area contributed by atoms with E-state index in [9.17, 15) is 14.0 Å². The second-order valence-corrected chi connectivity index (χ2v) is 7.51. The molecule has 1 amide bonds. The Kier molecular flexibility index (Phi) is 6.54. The van der Waals surface area contributed by atoms with Crippen molar-refractivity contribution in [3.8, 4) is 11.6 Å². The summed E-state index contributed by atoms with van der Waals surface area (Å²) in [4.78, 5) is 23.9. The molecule has 1 heterocycles. The summed E-state index contributed by atoms with van der Waals surface area (Å²) < 4.78 is 31.1. The summed E-state index contributed by atoms with van der Waals surface area (Å²) >= 11 is 0. The molecule has 2 aromatic carbocycles. The summed E-state index contributed by atoms with van der Waals surface area (Å²) in [5, 5.41) is 6.29. The number of carbonyl (C=O) groups excluding carboxylic acids is 2. The van der Waals surface area contributed by atoms with Crippen LogP contribution >= 0.6 is 0 Å². The van der Waals surface area contributed by atoms with Crippen LogP contribution in [-0.4, -0.2) is 27.6 Å². The van der Waals surface area contributed by atoms with E-state index < -0.39 is 23.6 Å². The van der Waals surface area contributed by atoms with Gasteiger partial charge in [0.25, 0.3) is 0 Å². The van der Waals surface area contributed by atoms with E-state index in [-0.39, 0.29) is 23.9 Å². The molecule has 0 spiro atoms. The Hall–Kier alpha value is -3.88. The van der Waals surface area contributed by atoms with Crippen LogP contribution < -0.4 is 10.1 Å². The Morgan fingerprint density at radius 2 is 1.84 bits per heavy atom. The van der Waals surface area contributed by atoms with Crippen LogP contribution in [0.15, 0.2) is 60.8 Å².